The van der Waals surface area contributed by atoms with Gasteiger partial charge in [0.15, 0.2) is 0 Å². The summed E-state index contributed by atoms with van der Waals surface area (Å²) < 4.78 is 7.15. The highest BCUT2D eigenvalue weighted by molar-refractivity contribution is 5.94. The predicted molar refractivity (Wildman–Crippen MR) is 104 cm³/mol. The molecule has 0 radical (unpaired) electrons. The van der Waals surface area contributed by atoms with E-state index in [4.69, 9.17) is 4.74 Å². The first-order valence-electron chi connectivity index (χ1n) is 9.30. The number of ether oxygens (including phenoxy) is 1. The van der Waals surface area contributed by atoms with Crippen LogP contribution in [-0.4, -0.2) is 59.5 Å². The summed E-state index contributed by atoms with van der Waals surface area (Å²) in [6.07, 6.45) is 4.88. The van der Waals surface area contributed by atoms with Crippen LogP contribution in [0.2, 0.25) is 0 Å². The third-order valence-corrected chi connectivity index (χ3v) is 5.03. The van der Waals surface area contributed by atoms with Crippen molar-refractivity contribution in [3.8, 4) is 5.75 Å². The van der Waals surface area contributed by atoms with Crippen molar-refractivity contribution < 1.29 is 14.3 Å². The Kier molecular flexibility index (Phi) is 5.84. The van der Waals surface area contributed by atoms with Crippen molar-refractivity contribution in [3.05, 3.63) is 53.3 Å². The zero-order valence-corrected chi connectivity index (χ0v) is 16.3. The minimum absolute atomic E-state index is 0.0377. The van der Waals surface area contributed by atoms with Gasteiger partial charge in [0.2, 0.25) is 5.91 Å². The van der Waals surface area contributed by atoms with Crippen LogP contribution in [-0.2, 0) is 18.3 Å². The van der Waals surface area contributed by atoms with Crippen molar-refractivity contribution in [2.45, 2.75) is 19.8 Å². The summed E-state index contributed by atoms with van der Waals surface area (Å²) >= 11 is 0. The van der Waals surface area contributed by atoms with Gasteiger partial charge in [0.05, 0.1) is 19.1 Å². The molecule has 3 rings (SSSR count). The van der Waals surface area contributed by atoms with Gasteiger partial charge >= 0.3 is 0 Å². The second kappa shape index (κ2) is 8.29. The van der Waals surface area contributed by atoms with E-state index in [1.807, 2.05) is 65.0 Å². The van der Waals surface area contributed by atoms with Gasteiger partial charge in [-0.05, 0) is 36.6 Å². The number of methoxy groups -OCH3 is 1. The summed E-state index contributed by atoms with van der Waals surface area (Å²) in [5, 5.41) is 0. The Bertz CT molecular complexity index is 828. The van der Waals surface area contributed by atoms with Gasteiger partial charge in [-0.25, -0.2) is 0 Å². The first-order valence-corrected chi connectivity index (χ1v) is 9.30. The molecule has 1 aromatic heterocycles. The van der Waals surface area contributed by atoms with E-state index < -0.39 is 0 Å². The fourth-order valence-corrected chi connectivity index (χ4v) is 3.52. The van der Waals surface area contributed by atoms with E-state index in [-0.39, 0.29) is 11.8 Å². The van der Waals surface area contributed by atoms with Gasteiger partial charge in [0.25, 0.3) is 5.91 Å². The Morgan fingerprint density at radius 3 is 2.48 bits per heavy atom. The molecule has 1 saturated heterocycles. The second-order valence-corrected chi connectivity index (χ2v) is 7.07. The lowest BCUT2D eigenvalue weighted by Gasteiger charge is -2.22. The third-order valence-electron chi connectivity index (χ3n) is 5.03. The molecule has 0 bridgehead atoms. The van der Waals surface area contributed by atoms with E-state index in [1.54, 1.807) is 7.11 Å². The molecule has 2 heterocycles. The van der Waals surface area contributed by atoms with Crippen LogP contribution < -0.4 is 4.74 Å². The van der Waals surface area contributed by atoms with E-state index in [1.165, 1.54) is 0 Å². The Hall–Kier alpha value is -2.76. The smallest absolute Gasteiger partial charge is 0.255 e. The largest absolute Gasteiger partial charge is 0.496 e. The Balaban J connectivity index is 1.59. The normalized spacial score (nSPS) is 14.8. The van der Waals surface area contributed by atoms with Gasteiger partial charge in [-0.2, -0.15) is 0 Å². The summed E-state index contributed by atoms with van der Waals surface area (Å²) in [6.45, 7) is 4.49. The maximum Gasteiger partial charge on any atom is 0.255 e. The highest BCUT2D eigenvalue weighted by Gasteiger charge is 2.23. The van der Waals surface area contributed by atoms with E-state index in [9.17, 15) is 9.59 Å². The molecular weight excluding hydrogens is 342 g/mol. The molecule has 0 atom stereocenters. The number of aryl methyl sites for hydroxylation is 2. The van der Waals surface area contributed by atoms with Crippen LogP contribution in [0.1, 0.15) is 27.9 Å². The summed E-state index contributed by atoms with van der Waals surface area (Å²) in [5.41, 5.74) is 2.71. The molecule has 1 aliphatic rings. The molecule has 1 fully saturated rings. The van der Waals surface area contributed by atoms with Crippen LogP contribution in [0.4, 0.5) is 0 Å². The number of rotatable bonds is 4. The summed E-state index contributed by atoms with van der Waals surface area (Å²) in [5.74, 6) is 0.972. The Morgan fingerprint density at radius 1 is 1.07 bits per heavy atom. The standard InChI is InChI=1S/C21H27N3O3/c1-16-13-17(5-6-19(16)27-3)14-20(25)23-8-4-9-24(12-11-23)21(26)18-7-10-22(2)15-18/h5-7,10,13,15H,4,8-9,11-12,14H2,1-3H3. The summed E-state index contributed by atoms with van der Waals surface area (Å²) in [7, 11) is 3.55. The van der Waals surface area contributed by atoms with Crippen molar-refractivity contribution >= 4 is 11.8 Å². The fourth-order valence-electron chi connectivity index (χ4n) is 3.52. The number of carbonyl (C=O) groups is 2. The number of nitrogens with zero attached hydrogens (tertiary/aromatic N) is 3. The van der Waals surface area contributed by atoms with Crippen LogP contribution in [0.5, 0.6) is 5.75 Å². The molecule has 6 heteroatoms. The average Bonchev–Trinajstić information content (AvgIpc) is 2.93. The maximum absolute atomic E-state index is 12.7. The molecule has 6 nitrogen and oxygen atoms in total. The zero-order valence-electron chi connectivity index (χ0n) is 16.3. The van der Waals surface area contributed by atoms with Crippen molar-refractivity contribution in [2.75, 3.05) is 33.3 Å². The van der Waals surface area contributed by atoms with Gasteiger partial charge in [-0.15, -0.1) is 0 Å². The molecular formula is C21H27N3O3. The molecule has 2 aromatic rings. The van der Waals surface area contributed by atoms with E-state index in [0.29, 0.717) is 38.2 Å². The third kappa shape index (κ3) is 4.51. The Morgan fingerprint density at radius 2 is 1.81 bits per heavy atom. The van der Waals surface area contributed by atoms with Crippen LogP contribution >= 0.6 is 0 Å². The molecule has 0 saturated carbocycles. The van der Waals surface area contributed by atoms with Gasteiger partial charge in [-0.1, -0.05) is 12.1 Å². The van der Waals surface area contributed by atoms with E-state index in [0.717, 1.165) is 23.3 Å². The number of carbonyl (C=O) groups excluding carboxylic acids is 2. The minimum atomic E-state index is 0.0377. The Labute approximate surface area is 160 Å². The zero-order chi connectivity index (χ0) is 19.4. The lowest BCUT2D eigenvalue weighted by atomic mass is 10.1. The summed E-state index contributed by atoms with van der Waals surface area (Å²) in [6, 6.07) is 7.68. The van der Waals surface area contributed by atoms with Gasteiger partial charge in [0.1, 0.15) is 5.75 Å². The molecule has 2 amide bonds. The molecule has 144 valence electrons. The number of benzene rings is 1. The quantitative estimate of drug-likeness (QED) is 0.831. The molecule has 0 unspecified atom stereocenters. The molecule has 27 heavy (non-hydrogen) atoms. The van der Waals surface area contributed by atoms with Crippen LogP contribution in [0, 0.1) is 6.92 Å². The monoisotopic (exact) mass is 369 g/mol. The lowest BCUT2D eigenvalue weighted by Crippen LogP contribution is -2.37. The maximum atomic E-state index is 12.7. The number of amides is 2. The lowest BCUT2D eigenvalue weighted by molar-refractivity contribution is -0.130. The molecule has 1 aromatic carbocycles. The van der Waals surface area contributed by atoms with Crippen molar-refractivity contribution in [1.29, 1.82) is 0 Å². The van der Waals surface area contributed by atoms with E-state index >= 15 is 0 Å². The predicted octanol–water partition coefficient (Wildman–Crippen LogP) is 2.26. The summed E-state index contributed by atoms with van der Waals surface area (Å²) in [4.78, 5) is 29.1. The highest BCUT2D eigenvalue weighted by atomic mass is 16.5. The van der Waals surface area contributed by atoms with Gasteiger partial charge < -0.3 is 19.1 Å². The SMILES string of the molecule is COc1ccc(CC(=O)N2CCCN(C(=O)c3ccn(C)c3)CC2)cc1C. The number of hydrogen-bond acceptors (Lipinski definition) is 3. The molecule has 0 N–H and O–H groups in total. The number of aromatic nitrogens is 1. The molecule has 0 aliphatic carbocycles. The van der Waals surface area contributed by atoms with Gasteiger partial charge in [-0.3, -0.25) is 9.59 Å². The highest BCUT2D eigenvalue weighted by Crippen LogP contribution is 2.19. The first kappa shape index (κ1) is 19.0. The molecule has 0 spiro atoms. The van der Waals surface area contributed by atoms with Gasteiger partial charge in [0, 0.05) is 45.6 Å². The average molecular weight is 369 g/mol. The van der Waals surface area contributed by atoms with Crippen LogP contribution in [0.3, 0.4) is 0 Å². The fraction of sp³-hybridized carbons (Fsp3) is 0.429. The number of hydrogen-bond donors (Lipinski definition) is 0. The minimum Gasteiger partial charge on any atom is -0.496 e. The van der Waals surface area contributed by atoms with Crippen LogP contribution in [0.25, 0.3) is 0 Å². The first-order chi connectivity index (χ1) is 13.0. The van der Waals surface area contributed by atoms with E-state index in [2.05, 4.69) is 0 Å². The van der Waals surface area contributed by atoms with Crippen molar-refractivity contribution in [3.63, 3.8) is 0 Å². The topological polar surface area (TPSA) is 54.8 Å². The molecule has 1 aliphatic heterocycles. The van der Waals surface area contributed by atoms with Crippen molar-refractivity contribution in [2.24, 2.45) is 7.05 Å². The second-order valence-electron chi connectivity index (χ2n) is 7.07. The van der Waals surface area contributed by atoms with Crippen molar-refractivity contribution in [1.82, 2.24) is 14.4 Å². The van der Waals surface area contributed by atoms with Crippen LogP contribution in [0.15, 0.2) is 36.7 Å².